The molecule has 210 valence electrons. The zero-order valence-electron chi connectivity index (χ0n) is 23.3. The van der Waals surface area contributed by atoms with Crippen molar-refractivity contribution in [3.8, 4) is 0 Å². The maximum atomic E-state index is 13.2. The summed E-state index contributed by atoms with van der Waals surface area (Å²) < 4.78 is 5.22. The molecule has 0 aliphatic carbocycles. The Bertz CT molecular complexity index is 1200. The topological polar surface area (TPSA) is 172 Å². The molecule has 0 aliphatic rings. The Kier molecular flexibility index (Phi) is 12.1. The van der Waals surface area contributed by atoms with E-state index in [1.54, 1.807) is 39.8 Å². The molecular weight excluding hydrogens is 498 g/mol. The lowest BCUT2D eigenvalue weighted by Gasteiger charge is -2.19. The van der Waals surface area contributed by atoms with Crippen LogP contribution in [-0.2, 0) is 20.7 Å². The van der Waals surface area contributed by atoms with Crippen molar-refractivity contribution in [3.63, 3.8) is 0 Å². The van der Waals surface area contributed by atoms with Crippen LogP contribution in [0.15, 0.2) is 29.8 Å². The average molecular weight is 538 g/mol. The summed E-state index contributed by atoms with van der Waals surface area (Å²) in [5.41, 5.74) is 9.88. The van der Waals surface area contributed by atoms with E-state index in [1.807, 2.05) is 19.1 Å². The van der Waals surface area contributed by atoms with Gasteiger partial charge in [-0.1, -0.05) is 25.1 Å². The van der Waals surface area contributed by atoms with E-state index >= 15 is 0 Å². The number of nitrogens with two attached hydrogens (primary N) is 1. The van der Waals surface area contributed by atoms with Crippen LogP contribution in [0, 0.1) is 19.3 Å². The highest BCUT2D eigenvalue weighted by atomic mass is 16.5. The highest BCUT2D eigenvalue weighted by Gasteiger charge is 2.26. The standard InChI is InChI=1S/C28H39N7O4/c1-6-14-39-27(38)23(16-32-25(36)17(3)7-2)35-26(37)24-18(4)33-28(34-19(24)5)31-13-9-11-20-10-8-12-22(30)21(20)15-29/h7-8,10,12,15,23,29H,6,9,11,13-14,16,30H2,1-5H3,(H,32,36)(H,35,37)(H,31,33,34). The van der Waals surface area contributed by atoms with E-state index < -0.39 is 17.9 Å². The van der Waals surface area contributed by atoms with Crippen LogP contribution in [0.3, 0.4) is 0 Å². The molecule has 1 atom stereocenters. The number of hydrogen-bond donors (Lipinski definition) is 5. The van der Waals surface area contributed by atoms with Crippen LogP contribution in [-0.4, -0.2) is 59.7 Å². The van der Waals surface area contributed by atoms with Crippen LogP contribution in [0.1, 0.15) is 66.5 Å². The van der Waals surface area contributed by atoms with E-state index in [0.717, 1.165) is 24.0 Å². The molecule has 1 aromatic carbocycles. The first-order chi connectivity index (χ1) is 18.6. The van der Waals surface area contributed by atoms with Crippen molar-refractivity contribution >= 4 is 35.6 Å². The Morgan fingerprint density at radius 2 is 1.87 bits per heavy atom. The second-order valence-corrected chi connectivity index (χ2v) is 9.06. The lowest BCUT2D eigenvalue weighted by atomic mass is 10.0. The largest absolute Gasteiger partial charge is 0.464 e. The van der Waals surface area contributed by atoms with Gasteiger partial charge in [-0.2, -0.15) is 0 Å². The number of aryl methyl sites for hydroxylation is 3. The zero-order valence-corrected chi connectivity index (χ0v) is 23.3. The minimum atomic E-state index is -1.08. The number of esters is 1. The number of carbonyl (C=O) groups is 3. The van der Waals surface area contributed by atoms with Crippen molar-refractivity contribution in [2.75, 3.05) is 30.7 Å². The van der Waals surface area contributed by atoms with E-state index in [1.165, 1.54) is 6.21 Å². The SMILES string of the molecule is CC=C(C)C(=O)NCC(NC(=O)c1c(C)nc(NCCCc2cccc(N)c2C=N)nc1C)C(=O)OCCC. The van der Waals surface area contributed by atoms with Gasteiger partial charge in [-0.25, -0.2) is 14.8 Å². The number of ether oxygens (including phenoxy) is 1. The molecule has 0 fully saturated rings. The van der Waals surface area contributed by atoms with Crippen LogP contribution in [0.4, 0.5) is 11.6 Å². The number of aromatic nitrogens is 2. The Morgan fingerprint density at radius 3 is 2.49 bits per heavy atom. The minimum absolute atomic E-state index is 0.121. The number of nitrogens with one attached hydrogen (secondary N) is 4. The predicted octanol–water partition coefficient (Wildman–Crippen LogP) is 2.85. The minimum Gasteiger partial charge on any atom is -0.464 e. The highest BCUT2D eigenvalue weighted by molar-refractivity contribution is 5.99. The first-order valence-corrected chi connectivity index (χ1v) is 13.0. The number of carbonyl (C=O) groups excluding carboxylic acids is 3. The number of nitrogens with zero attached hydrogens (tertiary/aromatic N) is 2. The third-order valence-electron chi connectivity index (χ3n) is 6.07. The predicted molar refractivity (Wildman–Crippen MR) is 152 cm³/mol. The van der Waals surface area contributed by atoms with Crippen LogP contribution >= 0.6 is 0 Å². The van der Waals surface area contributed by atoms with Crippen LogP contribution in [0.5, 0.6) is 0 Å². The summed E-state index contributed by atoms with van der Waals surface area (Å²) in [6, 6.07) is 4.52. The monoisotopic (exact) mass is 537 g/mol. The van der Waals surface area contributed by atoms with Gasteiger partial charge >= 0.3 is 5.97 Å². The maximum Gasteiger partial charge on any atom is 0.330 e. The Morgan fingerprint density at radius 1 is 1.18 bits per heavy atom. The van der Waals surface area contributed by atoms with Gasteiger partial charge in [0.2, 0.25) is 11.9 Å². The number of nitrogen functional groups attached to an aromatic ring is 1. The molecule has 1 unspecified atom stereocenters. The number of hydrogen-bond acceptors (Lipinski definition) is 9. The number of benzene rings is 1. The molecule has 0 saturated carbocycles. The molecule has 6 N–H and O–H groups in total. The zero-order chi connectivity index (χ0) is 28.9. The second-order valence-electron chi connectivity index (χ2n) is 9.06. The molecular formula is C28H39N7O4. The fourth-order valence-corrected chi connectivity index (χ4v) is 3.82. The summed E-state index contributed by atoms with van der Waals surface area (Å²) in [5.74, 6) is -1.12. The van der Waals surface area contributed by atoms with Crippen LogP contribution < -0.4 is 21.7 Å². The molecule has 2 rings (SSSR count). The fraction of sp³-hybridized carbons (Fsp3) is 0.429. The average Bonchev–Trinajstić information content (AvgIpc) is 2.90. The van der Waals surface area contributed by atoms with Gasteiger partial charge in [0.05, 0.1) is 23.6 Å². The van der Waals surface area contributed by atoms with Gasteiger partial charge in [0.15, 0.2) is 0 Å². The van der Waals surface area contributed by atoms with E-state index in [-0.39, 0.29) is 24.6 Å². The third kappa shape index (κ3) is 8.91. The van der Waals surface area contributed by atoms with Gasteiger partial charge in [-0.15, -0.1) is 0 Å². The number of rotatable bonds is 14. The van der Waals surface area contributed by atoms with Crippen molar-refractivity contribution < 1.29 is 19.1 Å². The molecule has 0 saturated heterocycles. The highest BCUT2D eigenvalue weighted by Crippen LogP contribution is 2.17. The Labute approximate surface area is 229 Å². The van der Waals surface area contributed by atoms with E-state index in [0.29, 0.717) is 41.6 Å². The van der Waals surface area contributed by atoms with Crippen molar-refractivity contribution in [2.24, 2.45) is 0 Å². The number of amides is 2. The molecule has 0 spiro atoms. The summed E-state index contributed by atoms with van der Waals surface area (Å²) in [5, 5.41) is 16.1. The third-order valence-corrected chi connectivity index (χ3v) is 6.07. The molecule has 0 bridgehead atoms. The summed E-state index contributed by atoms with van der Waals surface area (Å²) in [4.78, 5) is 46.8. The molecule has 0 radical (unpaired) electrons. The molecule has 2 aromatic rings. The van der Waals surface area contributed by atoms with Gasteiger partial charge in [-0.3, -0.25) is 9.59 Å². The summed E-state index contributed by atoms with van der Waals surface area (Å²) in [6.45, 7) is 9.30. The first kappa shape index (κ1) is 30.9. The van der Waals surface area contributed by atoms with Gasteiger partial charge in [-0.05, 0) is 58.6 Å². The Hall–Kier alpha value is -4.28. The van der Waals surface area contributed by atoms with E-state index in [4.69, 9.17) is 15.9 Å². The lowest BCUT2D eigenvalue weighted by molar-refractivity contribution is -0.145. The van der Waals surface area contributed by atoms with Crippen LogP contribution in [0.25, 0.3) is 0 Å². The summed E-state index contributed by atoms with van der Waals surface area (Å²) in [7, 11) is 0. The molecule has 39 heavy (non-hydrogen) atoms. The molecule has 1 aromatic heterocycles. The van der Waals surface area contributed by atoms with Crippen LogP contribution in [0.2, 0.25) is 0 Å². The summed E-state index contributed by atoms with van der Waals surface area (Å²) in [6.07, 6.45) is 5.03. The van der Waals surface area contributed by atoms with Crippen molar-refractivity contribution in [1.82, 2.24) is 20.6 Å². The Balaban J connectivity index is 2.07. The van der Waals surface area contributed by atoms with Gasteiger partial charge in [0.25, 0.3) is 5.91 Å². The summed E-state index contributed by atoms with van der Waals surface area (Å²) >= 11 is 0. The molecule has 11 nitrogen and oxygen atoms in total. The molecule has 11 heteroatoms. The van der Waals surface area contributed by atoms with E-state index in [9.17, 15) is 14.4 Å². The normalized spacial score (nSPS) is 11.9. The lowest BCUT2D eigenvalue weighted by Crippen LogP contribution is -2.49. The number of anilines is 2. The quantitative estimate of drug-likeness (QED) is 0.0804. The second kappa shape index (κ2) is 15.2. The van der Waals surface area contributed by atoms with Gasteiger partial charge < -0.3 is 31.8 Å². The van der Waals surface area contributed by atoms with Crippen molar-refractivity contribution in [3.05, 3.63) is 57.9 Å². The fourth-order valence-electron chi connectivity index (χ4n) is 3.82. The van der Waals surface area contributed by atoms with Gasteiger partial charge in [0.1, 0.15) is 6.04 Å². The van der Waals surface area contributed by atoms with Gasteiger partial charge in [0, 0.05) is 36.1 Å². The first-order valence-electron chi connectivity index (χ1n) is 13.0. The number of allylic oxidation sites excluding steroid dienone is 1. The maximum absolute atomic E-state index is 13.2. The smallest absolute Gasteiger partial charge is 0.330 e. The molecule has 2 amide bonds. The van der Waals surface area contributed by atoms with Crippen molar-refractivity contribution in [2.45, 2.75) is 59.9 Å². The van der Waals surface area contributed by atoms with Crippen molar-refractivity contribution in [1.29, 1.82) is 5.41 Å². The molecule has 0 aliphatic heterocycles. The molecule has 1 heterocycles. The van der Waals surface area contributed by atoms with E-state index in [2.05, 4.69) is 25.9 Å².